The molecule has 0 unspecified atom stereocenters. The van der Waals surface area contributed by atoms with Crippen molar-refractivity contribution in [2.24, 2.45) is 0 Å². The fourth-order valence-corrected chi connectivity index (χ4v) is 2.15. The van der Waals surface area contributed by atoms with Gasteiger partial charge < -0.3 is 9.47 Å². The minimum Gasteiger partial charge on any atom is -0.493 e. The van der Waals surface area contributed by atoms with Gasteiger partial charge in [0.25, 0.3) is 0 Å². The lowest BCUT2D eigenvalue weighted by Crippen LogP contribution is -2.02. The summed E-state index contributed by atoms with van der Waals surface area (Å²) in [6.45, 7) is 2.19. The van der Waals surface area contributed by atoms with Crippen LogP contribution in [0.5, 0.6) is 11.5 Å². The molecule has 2 aromatic rings. The number of alkyl halides is 1. The van der Waals surface area contributed by atoms with Crippen molar-refractivity contribution < 1.29 is 13.9 Å². The molecule has 0 saturated heterocycles. The van der Waals surface area contributed by atoms with E-state index in [0.29, 0.717) is 17.4 Å². The van der Waals surface area contributed by atoms with E-state index in [1.807, 2.05) is 25.1 Å². The van der Waals surface area contributed by atoms with Gasteiger partial charge in [0.2, 0.25) is 0 Å². The Morgan fingerprint density at radius 3 is 2.65 bits per heavy atom. The predicted molar refractivity (Wildman–Crippen MR) is 78.0 cm³/mol. The number of rotatable bonds is 5. The van der Waals surface area contributed by atoms with E-state index < -0.39 is 0 Å². The summed E-state index contributed by atoms with van der Waals surface area (Å²) in [5.74, 6) is 1.28. The lowest BCUT2D eigenvalue weighted by Gasteiger charge is -2.15. The molecule has 0 radical (unpaired) electrons. The van der Waals surface area contributed by atoms with E-state index in [9.17, 15) is 4.39 Å². The van der Waals surface area contributed by atoms with Gasteiger partial charge >= 0.3 is 0 Å². The standard InChI is InChI=1S/C16H16ClFO2/c1-11-6-7-14(18)8-13(11)10-20-16-12(9-17)4-3-5-15(16)19-2/h3-8H,9-10H2,1-2H3. The van der Waals surface area contributed by atoms with Crippen molar-refractivity contribution >= 4 is 11.6 Å². The molecule has 2 nitrogen and oxygen atoms in total. The molecule has 0 bridgehead atoms. The van der Waals surface area contributed by atoms with Gasteiger partial charge in [0.05, 0.1) is 13.0 Å². The molecule has 4 heteroatoms. The Hall–Kier alpha value is -1.74. The molecular formula is C16H16ClFO2. The molecule has 0 aromatic heterocycles. The molecule has 0 heterocycles. The Morgan fingerprint density at radius 2 is 1.95 bits per heavy atom. The zero-order valence-corrected chi connectivity index (χ0v) is 12.2. The Balaban J connectivity index is 2.24. The van der Waals surface area contributed by atoms with Gasteiger partial charge in [-0.25, -0.2) is 4.39 Å². The summed E-state index contributed by atoms with van der Waals surface area (Å²) in [6, 6.07) is 10.2. The maximum atomic E-state index is 13.3. The van der Waals surface area contributed by atoms with Crippen LogP contribution in [0.1, 0.15) is 16.7 Å². The summed E-state index contributed by atoms with van der Waals surface area (Å²) in [5.41, 5.74) is 2.63. The van der Waals surface area contributed by atoms with E-state index in [2.05, 4.69) is 0 Å². The van der Waals surface area contributed by atoms with Crippen molar-refractivity contribution in [1.82, 2.24) is 0 Å². The third-order valence-electron chi connectivity index (χ3n) is 3.11. The highest BCUT2D eigenvalue weighted by molar-refractivity contribution is 6.17. The topological polar surface area (TPSA) is 18.5 Å². The Bertz CT molecular complexity index is 577. The van der Waals surface area contributed by atoms with Crippen LogP contribution in [0.25, 0.3) is 0 Å². The van der Waals surface area contributed by atoms with E-state index in [4.69, 9.17) is 21.1 Å². The third kappa shape index (κ3) is 3.23. The van der Waals surface area contributed by atoms with Gasteiger partial charge in [0.15, 0.2) is 11.5 Å². The third-order valence-corrected chi connectivity index (χ3v) is 3.40. The van der Waals surface area contributed by atoms with Crippen LogP contribution in [0, 0.1) is 12.7 Å². The molecule has 0 saturated carbocycles. The zero-order valence-electron chi connectivity index (χ0n) is 11.5. The van der Waals surface area contributed by atoms with E-state index in [1.165, 1.54) is 12.1 Å². The van der Waals surface area contributed by atoms with E-state index >= 15 is 0 Å². The van der Waals surface area contributed by atoms with Crippen LogP contribution in [-0.4, -0.2) is 7.11 Å². The van der Waals surface area contributed by atoms with Crippen molar-refractivity contribution in [2.45, 2.75) is 19.4 Å². The SMILES string of the molecule is COc1cccc(CCl)c1OCc1cc(F)ccc1C. The molecule has 0 aliphatic rings. The first-order valence-electron chi connectivity index (χ1n) is 6.25. The maximum absolute atomic E-state index is 13.3. The van der Waals surface area contributed by atoms with Gasteiger partial charge in [0.1, 0.15) is 12.4 Å². The average Bonchev–Trinajstić information content (AvgIpc) is 2.47. The smallest absolute Gasteiger partial charge is 0.166 e. The average molecular weight is 295 g/mol. The lowest BCUT2D eigenvalue weighted by molar-refractivity contribution is 0.281. The van der Waals surface area contributed by atoms with Crippen molar-refractivity contribution in [3.8, 4) is 11.5 Å². The zero-order chi connectivity index (χ0) is 14.5. The Kier molecular flexibility index (Phi) is 4.85. The van der Waals surface area contributed by atoms with E-state index in [1.54, 1.807) is 13.2 Å². The Labute approximate surface area is 123 Å². The number of benzene rings is 2. The van der Waals surface area contributed by atoms with Crippen LogP contribution in [0.4, 0.5) is 4.39 Å². The predicted octanol–water partition coefficient (Wildman–Crippen LogP) is 4.46. The van der Waals surface area contributed by atoms with E-state index in [0.717, 1.165) is 16.7 Å². The summed E-state index contributed by atoms with van der Waals surface area (Å²) < 4.78 is 24.3. The minimum atomic E-state index is -0.271. The van der Waals surface area contributed by atoms with Gasteiger partial charge in [-0.1, -0.05) is 18.2 Å². The normalized spacial score (nSPS) is 10.4. The van der Waals surface area contributed by atoms with Gasteiger partial charge in [0, 0.05) is 5.56 Å². The molecule has 0 amide bonds. The fourth-order valence-electron chi connectivity index (χ4n) is 1.94. The number of para-hydroxylation sites is 1. The van der Waals surface area contributed by atoms with Crippen LogP contribution in [-0.2, 0) is 12.5 Å². The van der Waals surface area contributed by atoms with Crippen molar-refractivity contribution in [3.63, 3.8) is 0 Å². The first kappa shape index (κ1) is 14.7. The molecule has 0 spiro atoms. The number of hydrogen-bond acceptors (Lipinski definition) is 2. The summed E-state index contributed by atoms with van der Waals surface area (Å²) in [4.78, 5) is 0. The van der Waals surface area contributed by atoms with Gasteiger partial charge in [-0.15, -0.1) is 11.6 Å². The second kappa shape index (κ2) is 6.62. The Morgan fingerprint density at radius 1 is 1.15 bits per heavy atom. The minimum absolute atomic E-state index is 0.271. The van der Waals surface area contributed by atoms with Crippen molar-refractivity contribution in [2.75, 3.05) is 7.11 Å². The summed E-state index contributed by atoms with van der Waals surface area (Å²) in [7, 11) is 1.58. The second-order valence-electron chi connectivity index (χ2n) is 4.44. The van der Waals surface area contributed by atoms with Crippen LogP contribution < -0.4 is 9.47 Å². The molecule has 0 N–H and O–H groups in total. The summed E-state index contributed by atoms with van der Waals surface area (Å²) >= 11 is 5.90. The van der Waals surface area contributed by atoms with Gasteiger partial charge in [-0.3, -0.25) is 0 Å². The molecule has 2 aromatic carbocycles. The first-order valence-corrected chi connectivity index (χ1v) is 6.79. The highest BCUT2D eigenvalue weighted by Gasteiger charge is 2.11. The molecule has 2 rings (SSSR count). The summed E-state index contributed by atoms with van der Waals surface area (Å²) in [5, 5.41) is 0. The molecule has 106 valence electrons. The van der Waals surface area contributed by atoms with Crippen molar-refractivity contribution in [1.29, 1.82) is 0 Å². The highest BCUT2D eigenvalue weighted by atomic mass is 35.5. The molecule has 20 heavy (non-hydrogen) atoms. The van der Waals surface area contributed by atoms with Gasteiger partial charge in [-0.05, 0) is 36.2 Å². The van der Waals surface area contributed by atoms with Crippen molar-refractivity contribution in [3.05, 3.63) is 58.9 Å². The number of ether oxygens (including phenoxy) is 2. The largest absolute Gasteiger partial charge is 0.493 e. The first-order chi connectivity index (χ1) is 9.65. The molecule has 0 aliphatic carbocycles. The lowest BCUT2D eigenvalue weighted by atomic mass is 10.1. The number of hydrogen-bond donors (Lipinski definition) is 0. The number of aryl methyl sites for hydroxylation is 1. The molecule has 0 fully saturated rings. The quantitative estimate of drug-likeness (QED) is 0.758. The number of methoxy groups -OCH3 is 1. The highest BCUT2D eigenvalue weighted by Crippen LogP contribution is 2.33. The molecular weight excluding hydrogens is 279 g/mol. The fraction of sp³-hybridized carbons (Fsp3) is 0.250. The van der Waals surface area contributed by atoms with Gasteiger partial charge in [-0.2, -0.15) is 0 Å². The van der Waals surface area contributed by atoms with Crippen LogP contribution in [0.15, 0.2) is 36.4 Å². The second-order valence-corrected chi connectivity index (χ2v) is 4.71. The monoisotopic (exact) mass is 294 g/mol. The maximum Gasteiger partial charge on any atom is 0.166 e. The van der Waals surface area contributed by atoms with E-state index in [-0.39, 0.29) is 12.4 Å². The molecule has 0 atom stereocenters. The van der Waals surface area contributed by atoms with Crippen LogP contribution in [0.2, 0.25) is 0 Å². The molecule has 0 aliphatic heterocycles. The van der Waals surface area contributed by atoms with Crippen LogP contribution >= 0.6 is 11.6 Å². The summed E-state index contributed by atoms with van der Waals surface area (Å²) in [6.07, 6.45) is 0. The van der Waals surface area contributed by atoms with Crippen LogP contribution in [0.3, 0.4) is 0 Å². The number of halogens is 2.